The van der Waals surface area contributed by atoms with Gasteiger partial charge in [-0.05, 0) is 55.7 Å². The Morgan fingerprint density at radius 2 is 1.70 bits per heavy atom. The smallest absolute Gasteiger partial charge is 0.251 e. The minimum Gasteiger partial charge on any atom is -0.454 e. The van der Waals surface area contributed by atoms with Crippen molar-refractivity contribution in [3.63, 3.8) is 0 Å². The molecule has 2 aliphatic heterocycles. The monoisotopic (exact) mass is 473 g/mol. The molecule has 0 bridgehead atoms. The lowest BCUT2D eigenvalue weighted by molar-refractivity contribution is -0.115. The molecular weight excluding hydrogens is 446 g/mol. The van der Waals surface area contributed by atoms with Gasteiger partial charge in [0.05, 0.1) is 11.4 Å². The van der Waals surface area contributed by atoms with Crippen LogP contribution in [0, 0.1) is 6.92 Å². The van der Waals surface area contributed by atoms with Crippen LogP contribution >= 0.6 is 0 Å². The van der Waals surface area contributed by atoms with Crippen LogP contribution in [0.4, 0.5) is 5.69 Å². The van der Waals surface area contributed by atoms with Crippen LogP contribution in [-0.4, -0.2) is 51.0 Å². The predicted octanol–water partition coefficient (Wildman–Crippen LogP) is 2.66. The second kappa shape index (κ2) is 9.80. The molecule has 2 aromatic rings. The van der Waals surface area contributed by atoms with Gasteiger partial charge in [0.25, 0.3) is 5.91 Å². The average Bonchev–Trinajstić information content (AvgIpc) is 3.09. The molecule has 0 saturated carbocycles. The molecule has 2 amide bonds. The third-order valence-electron chi connectivity index (χ3n) is 5.70. The number of sulfonamides is 1. The van der Waals surface area contributed by atoms with Gasteiger partial charge in [-0.25, -0.2) is 8.42 Å². The summed E-state index contributed by atoms with van der Waals surface area (Å²) >= 11 is 0. The molecule has 0 radical (unpaired) electrons. The summed E-state index contributed by atoms with van der Waals surface area (Å²) < 4.78 is 38.4. The van der Waals surface area contributed by atoms with E-state index in [1.807, 2.05) is 0 Å². The molecule has 4 rings (SSSR count). The first-order valence-corrected chi connectivity index (χ1v) is 12.4. The molecule has 0 unspecified atom stereocenters. The van der Waals surface area contributed by atoms with E-state index in [1.165, 1.54) is 10.4 Å². The SMILES string of the molecule is Cc1ccc(NC(=O)CNC(=O)c2ccc3c(c2)OCO3)cc1S(=O)(=O)N1CCCCCC1. The van der Waals surface area contributed by atoms with Crippen molar-refractivity contribution in [2.24, 2.45) is 0 Å². The molecule has 2 aromatic carbocycles. The third-order valence-corrected chi connectivity index (χ3v) is 7.74. The first kappa shape index (κ1) is 23.1. The maximum Gasteiger partial charge on any atom is 0.251 e. The Morgan fingerprint density at radius 1 is 0.970 bits per heavy atom. The second-order valence-corrected chi connectivity index (χ2v) is 10.0. The van der Waals surface area contributed by atoms with Crippen molar-refractivity contribution in [2.45, 2.75) is 37.5 Å². The summed E-state index contributed by atoms with van der Waals surface area (Å²) in [4.78, 5) is 24.9. The van der Waals surface area contributed by atoms with Crippen LogP contribution in [0.25, 0.3) is 0 Å². The van der Waals surface area contributed by atoms with E-state index in [2.05, 4.69) is 10.6 Å². The third kappa shape index (κ3) is 5.28. The van der Waals surface area contributed by atoms with Gasteiger partial charge in [-0.15, -0.1) is 0 Å². The Kier molecular flexibility index (Phi) is 6.85. The molecule has 2 heterocycles. The largest absolute Gasteiger partial charge is 0.454 e. The first-order valence-electron chi connectivity index (χ1n) is 10.9. The number of aryl methyl sites for hydroxylation is 1. The van der Waals surface area contributed by atoms with Crippen molar-refractivity contribution < 1.29 is 27.5 Å². The Morgan fingerprint density at radius 3 is 2.45 bits per heavy atom. The maximum atomic E-state index is 13.2. The molecule has 2 N–H and O–H groups in total. The molecule has 0 atom stereocenters. The predicted molar refractivity (Wildman–Crippen MR) is 122 cm³/mol. The van der Waals surface area contributed by atoms with Crippen LogP contribution in [0.1, 0.15) is 41.6 Å². The van der Waals surface area contributed by atoms with E-state index in [-0.39, 0.29) is 18.2 Å². The zero-order chi connectivity index (χ0) is 23.4. The van der Waals surface area contributed by atoms with E-state index in [4.69, 9.17) is 9.47 Å². The Balaban J connectivity index is 1.39. The summed E-state index contributed by atoms with van der Waals surface area (Å²) in [6, 6.07) is 9.57. The van der Waals surface area contributed by atoms with Crippen LogP contribution in [-0.2, 0) is 14.8 Å². The molecule has 176 valence electrons. The van der Waals surface area contributed by atoms with Gasteiger partial charge in [0.1, 0.15) is 0 Å². The number of amides is 2. The van der Waals surface area contributed by atoms with Crippen molar-refractivity contribution in [1.82, 2.24) is 9.62 Å². The van der Waals surface area contributed by atoms with E-state index in [1.54, 1.807) is 37.3 Å². The van der Waals surface area contributed by atoms with Gasteiger partial charge in [0.15, 0.2) is 11.5 Å². The highest BCUT2D eigenvalue weighted by atomic mass is 32.2. The highest BCUT2D eigenvalue weighted by Crippen LogP contribution is 2.32. The highest BCUT2D eigenvalue weighted by Gasteiger charge is 2.27. The number of benzene rings is 2. The van der Waals surface area contributed by atoms with Crippen LogP contribution in [0.15, 0.2) is 41.3 Å². The number of carbonyl (C=O) groups is 2. The minimum atomic E-state index is -3.65. The Labute approximate surface area is 193 Å². The molecule has 2 aliphatic rings. The number of hydrogen-bond acceptors (Lipinski definition) is 6. The van der Waals surface area contributed by atoms with Gasteiger partial charge in [0, 0.05) is 24.3 Å². The maximum absolute atomic E-state index is 13.2. The van der Waals surface area contributed by atoms with Crippen LogP contribution in [0.3, 0.4) is 0 Å². The van der Waals surface area contributed by atoms with E-state index < -0.39 is 21.8 Å². The zero-order valence-electron chi connectivity index (χ0n) is 18.4. The summed E-state index contributed by atoms with van der Waals surface area (Å²) in [5.41, 5.74) is 1.32. The van der Waals surface area contributed by atoms with Crippen molar-refractivity contribution in [3.05, 3.63) is 47.5 Å². The van der Waals surface area contributed by atoms with Gasteiger partial charge in [0.2, 0.25) is 22.7 Å². The number of fused-ring (bicyclic) bond motifs is 1. The normalized spacial score (nSPS) is 16.2. The number of hydrogen-bond donors (Lipinski definition) is 2. The van der Waals surface area contributed by atoms with E-state index in [0.29, 0.717) is 41.4 Å². The number of ether oxygens (including phenoxy) is 2. The van der Waals surface area contributed by atoms with Crippen molar-refractivity contribution in [3.8, 4) is 11.5 Å². The highest BCUT2D eigenvalue weighted by molar-refractivity contribution is 7.89. The fraction of sp³-hybridized carbons (Fsp3) is 0.391. The van der Waals surface area contributed by atoms with Crippen molar-refractivity contribution >= 4 is 27.5 Å². The minimum absolute atomic E-state index is 0.106. The summed E-state index contributed by atoms with van der Waals surface area (Å²) in [7, 11) is -3.65. The molecule has 10 heteroatoms. The van der Waals surface area contributed by atoms with E-state index in [0.717, 1.165) is 25.7 Å². The van der Waals surface area contributed by atoms with Gasteiger partial charge in [-0.2, -0.15) is 4.31 Å². The first-order chi connectivity index (χ1) is 15.8. The Bertz CT molecular complexity index is 1160. The van der Waals surface area contributed by atoms with Crippen molar-refractivity contribution in [2.75, 3.05) is 31.7 Å². The standard InChI is InChI=1S/C23H27N3O6S/c1-16-6-8-18(13-21(16)33(29,30)26-10-4-2-3-5-11-26)25-22(27)14-24-23(28)17-7-9-19-20(12-17)32-15-31-19/h6-9,12-13H,2-5,10-11,14-15H2,1H3,(H,24,28)(H,25,27). The molecule has 33 heavy (non-hydrogen) atoms. The average molecular weight is 474 g/mol. The Hall–Kier alpha value is -3.11. The molecule has 0 aromatic heterocycles. The van der Waals surface area contributed by atoms with E-state index in [9.17, 15) is 18.0 Å². The van der Waals surface area contributed by atoms with Gasteiger partial charge >= 0.3 is 0 Å². The summed E-state index contributed by atoms with van der Waals surface area (Å²) in [6.45, 7) is 2.58. The van der Waals surface area contributed by atoms with Crippen LogP contribution in [0.2, 0.25) is 0 Å². The van der Waals surface area contributed by atoms with Crippen LogP contribution in [0.5, 0.6) is 11.5 Å². The fourth-order valence-corrected chi connectivity index (χ4v) is 5.65. The number of anilines is 1. The fourth-order valence-electron chi connectivity index (χ4n) is 3.88. The lowest BCUT2D eigenvalue weighted by Crippen LogP contribution is -2.33. The summed E-state index contributed by atoms with van der Waals surface area (Å²) in [5, 5.41) is 5.22. The molecule has 9 nitrogen and oxygen atoms in total. The van der Waals surface area contributed by atoms with Crippen molar-refractivity contribution in [1.29, 1.82) is 0 Å². The van der Waals surface area contributed by atoms with E-state index >= 15 is 0 Å². The van der Waals surface area contributed by atoms with Crippen LogP contribution < -0.4 is 20.1 Å². The number of nitrogens with zero attached hydrogens (tertiary/aromatic N) is 1. The lowest BCUT2D eigenvalue weighted by atomic mass is 10.2. The number of rotatable bonds is 6. The quantitative estimate of drug-likeness (QED) is 0.667. The van der Waals surface area contributed by atoms with Gasteiger partial charge in [-0.1, -0.05) is 18.9 Å². The van der Waals surface area contributed by atoms with Gasteiger partial charge in [-0.3, -0.25) is 9.59 Å². The summed E-state index contributed by atoms with van der Waals surface area (Å²) in [6.07, 6.45) is 3.74. The van der Waals surface area contributed by atoms with Gasteiger partial charge < -0.3 is 20.1 Å². The molecule has 1 saturated heterocycles. The number of nitrogens with one attached hydrogen (secondary N) is 2. The molecular formula is C23H27N3O6S. The number of carbonyl (C=O) groups excluding carboxylic acids is 2. The lowest BCUT2D eigenvalue weighted by Gasteiger charge is -2.21. The second-order valence-electron chi connectivity index (χ2n) is 8.10. The summed E-state index contributed by atoms with van der Waals surface area (Å²) in [5.74, 6) is 0.141. The molecule has 0 spiro atoms. The molecule has 1 fully saturated rings. The molecule has 0 aliphatic carbocycles. The zero-order valence-corrected chi connectivity index (χ0v) is 19.2. The topological polar surface area (TPSA) is 114 Å².